The lowest BCUT2D eigenvalue weighted by Gasteiger charge is -2.30. The second kappa shape index (κ2) is 7.69. The van der Waals surface area contributed by atoms with Crippen molar-refractivity contribution >= 4 is 0 Å². The highest BCUT2D eigenvalue weighted by molar-refractivity contribution is 5.70. The van der Waals surface area contributed by atoms with Crippen LogP contribution in [0.5, 0.6) is 0 Å². The predicted molar refractivity (Wildman–Crippen MR) is 106 cm³/mol. The topological polar surface area (TPSA) is 0 Å². The third-order valence-corrected chi connectivity index (χ3v) is 5.93. The Bertz CT molecular complexity index is 805. The molecule has 0 aliphatic heterocycles. The van der Waals surface area contributed by atoms with Crippen molar-refractivity contribution in [2.75, 3.05) is 0 Å². The van der Waals surface area contributed by atoms with Crippen LogP contribution in [0.25, 0.3) is 11.1 Å². The van der Waals surface area contributed by atoms with Gasteiger partial charge in [-0.05, 0) is 65.3 Å². The Hall–Kier alpha value is -1.77. The van der Waals surface area contributed by atoms with Crippen LogP contribution in [0.2, 0.25) is 0 Å². The maximum Gasteiger partial charge on any atom is 0.263 e. The fraction of sp³-hybridized carbons (Fsp3) is 0.500. The lowest BCUT2D eigenvalue weighted by atomic mass is 9.75. The monoisotopic (exact) mass is 374 g/mol. The van der Waals surface area contributed by atoms with E-state index in [9.17, 15) is 13.2 Å². The smallest absolute Gasteiger partial charge is 0.206 e. The van der Waals surface area contributed by atoms with Crippen LogP contribution in [0.3, 0.4) is 0 Å². The van der Waals surface area contributed by atoms with E-state index in [1.165, 1.54) is 23.8 Å². The molecule has 0 saturated heterocycles. The minimum absolute atomic E-state index is 0.127. The van der Waals surface area contributed by atoms with Crippen molar-refractivity contribution in [1.29, 1.82) is 0 Å². The number of alkyl halides is 2. The molecule has 0 nitrogen and oxygen atoms in total. The summed E-state index contributed by atoms with van der Waals surface area (Å²) in [6.07, 6.45) is 1.69. The van der Waals surface area contributed by atoms with Gasteiger partial charge in [0.2, 0.25) is 0 Å². The van der Waals surface area contributed by atoms with E-state index in [0.29, 0.717) is 17.4 Å². The van der Waals surface area contributed by atoms with E-state index in [2.05, 4.69) is 33.8 Å². The highest BCUT2D eigenvalue weighted by atomic mass is 19.3. The van der Waals surface area contributed by atoms with Crippen molar-refractivity contribution in [3.05, 3.63) is 58.9 Å². The summed E-state index contributed by atoms with van der Waals surface area (Å²) in [6, 6.07) is 9.83. The molecule has 1 aliphatic carbocycles. The molecular weight excluding hydrogens is 345 g/mol. The van der Waals surface area contributed by atoms with Crippen molar-refractivity contribution in [2.24, 2.45) is 11.3 Å². The highest BCUT2D eigenvalue weighted by Crippen LogP contribution is 2.51. The molecular formula is C24H29F3. The zero-order valence-electron chi connectivity index (χ0n) is 16.7. The first-order valence-corrected chi connectivity index (χ1v) is 9.90. The first kappa shape index (κ1) is 20.0. The Morgan fingerprint density at radius 1 is 1.04 bits per heavy atom. The fourth-order valence-electron chi connectivity index (χ4n) is 4.53. The van der Waals surface area contributed by atoms with Crippen LogP contribution in [0.4, 0.5) is 13.2 Å². The second-order valence-electron chi connectivity index (χ2n) is 8.99. The average molecular weight is 374 g/mol. The first-order chi connectivity index (χ1) is 12.7. The van der Waals surface area contributed by atoms with Gasteiger partial charge < -0.3 is 0 Å². The summed E-state index contributed by atoms with van der Waals surface area (Å²) < 4.78 is 41.1. The molecule has 3 rings (SSSR count). The van der Waals surface area contributed by atoms with Crippen LogP contribution in [0.15, 0.2) is 36.4 Å². The molecule has 2 aromatic carbocycles. The molecule has 0 spiro atoms. The van der Waals surface area contributed by atoms with Gasteiger partial charge >= 0.3 is 0 Å². The molecule has 1 saturated carbocycles. The largest absolute Gasteiger partial charge is 0.263 e. The number of halogens is 3. The van der Waals surface area contributed by atoms with Gasteiger partial charge in [-0.3, -0.25) is 0 Å². The minimum atomic E-state index is -2.60. The lowest BCUT2D eigenvalue weighted by molar-refractivity contribution is 0.151. The van der Waals surface area contributed by atoms with Crippen LogP contribution >= 0.6 is 0 Å². The lowest BCUT2D eigenvalue weighted by Crippen LogP contribution is -2.17. The fourth-order valence-corrected chi connectivity index (χ4v) is 4.53. The van der Waals surface area contributed by atoms with Crippen molar-refractivity contribution in [3.8, 4) is 11.1 Å². The van der Waals surface area contributed by atoms with Crippen LogP contribution in [0.1, 0.15) is 76.0 Å². The predicted octanol–water partition coefficient (Wildman–Crippen LogP) is 7.92. The third kappa shape index (κ3) is 4.23. The summed E-state index contributed by atoms with van der Waals surface area (Å²) >= 11 is 0. The van der Waals surface area contributed by atoms with Gasteiger partial charge in [-0.25, -0.2) is 13.2 Å². The van der Waals surface area contributed by atoms with Gasteiger partial charge in [0, 0.05) is 11.1 Å². The standard InChI is InChI=1S/C24H29F3/c1-15(2)12-16-7-9-18(19(13-16)21-6-5-11-24(21,3)4)20-14-17(23(26)27)8-10-22(20)25/h7-10,13-15,21,23H,5-6,11-12H2,1-4H3. The van der Waals surface area contributed by atoms with Crippen molar-refractivity contribution in [3.63, 3.8) is 0 Å². The van der Waals surface area contributed by atoms with Crippen molar-refractivity contribution in [1.82, 2.24) is 0 Å². The van der Waals surface area contributed by atoms with Crippen LogP contribution < -0.4 is 0 Å². The molecule has 0 amide bonds. The van der Waals surface area contributed by atoms with Gasteiger partial charge in [-0.1, -0.05) is 58.4 Å². The molecule has 1 unspecified atom stereocenters. The average Bonchev–Trinajstić information content (AvgIpc) is 2.94. The molecule has 146 valence electrons. The summed E-state index contributed by atoms with van der Waals surface area (Å²) in [7, 11) is 0. The van der Waals surface area contributed by atoms with Crippen LogP contribution in [-0.2, 0) is 6.42 Å². The van der Waals surface area contributed by atoms with Crippen LogP contribution in [-0.4, -0.2) is 0 Å². The van der Waals surface area contributed by atoms with E-state index < -0.39 is 12.2 Å². The zero-order chi connectivity index (χ0) is 19.8. The molecule has 0 aromatic heterocycles. The van der Waals surface area contributed by atoms with Gasteiger partial charge in [0.05, 0.1) is 0 Å². The number of benzene rings is 2. The molecule has 27 heavy (non-hydrogen) atoms. The first-order valence-electron chi connectivity index (χ1n) is 9.90. The summed E-state index contributed by atoms with van der Waals surface area (Å²) in [5, 5.41) is 0. The Kier molecular flexibility index (Phi) is 5.69. The van der Waals surface area contributed by atoms with E-state index in [1.54, 1.807) is 0 Å². The molecule has 2 aromatic rings. The van der Waals surface area contributed by atoms with Gasteiger partial charge in [-0.15, -0.1) is 0 Å². The Balaban J connectivity index is 2.16. The quantitative estimate of drug-likeness (QED) is 0.498. The maximum absolute atomic E-state index is 14.6. The molecule has 0 N–H and O–H groups in total. The van der Waals surface area contributed by atoms with Crippen molar-refractivity contribution < 1.29 is 13.2 Å². The van der Waals surface area contributed by atoms with Gasteiger partial charge in [0.15, 0.2) is 0 Å². The second-order valence-corrected chi connectivity index (χ2v) is 8.99. The molecule has 0 bridgehead atoms. The van der Waals surface area contributed by atoms with E-state index in [-0.39, 0.29) is 11.0 Å². The van der Waals surface area contributed by atoms with Crippen molar-refractivity contribution in [2.45, 2.75) is 65.7 Å². The number of rotatable bonds is 5. The van der Waals surface area contributed by atoms with Crippen LogP contribution in [0, 0.1) is 17.2 Å². The summed E-state index contributed by atoms with van der Waals surface area (Å²) in [6.45, 7) is 8.88. The highest BCUT2D eigenvalue weighted by Gasteiger charge is 2.37. The van der Waals surface area contributed by atoms with E-state index in [1.807, 2.05) is 12.1 Å². The van der Waals surface area contributed by atoms with Gasteiger partial charge in [0.1, 0.15) is 5.82 Å². The van der Waals surface area contributed by atoms with E-state index in [0.717, 1.165) is 36.8 Å². The zero-order valence-corrected chi connectivity index (χ0v) is 16.7. The van der Waals surface area contributed by atoms with E-state index in [4.69, 9.17) is 0 Å². The minimum Gasteiger partial charge on any atom is -0.206 e. The summed E-state index contributed by atoms with van der Waals surface area (Å²) in [5.41, 5.74) is 3.40. The van der Waals surface area contributed by atoms with E-state index >= 15 is 0 Å². The van der Waals surface area contributed by atoms with Gasteiger partial charge in [-0.2, -0.15) is 0 Å². The molecule has 1 aliphatic rings. The number of hydrogen-bond donors (Lipinski definition) is 0. The SMILES string of the molecule is CC(C)Cc1ccc(-c2cc(C(F)F)ccc2F)c(C2CCCC2(C)C)c1. The molecule has 0 radical (unpaired) electrons. The Morgan fingerprint density at radius 3 is 2.37 bits per heavy atom. The number of hydrogen-bond acceptors (Lipinski definition) is 0. The maximum atomic E-state index is 14.6. The molecule has 1 fully saturated rings. The summed E-state index contributed by atoms with van der Waals surface area (Å²) in [5.74, 6) is 0.404. The molecule has 3 heteroatoms. The van der Waals surface area contributed by atoms with Gasteiger partial charge in [0.25, 0.3) is 6.43 Å². The molecule has 0 heterocycles. The molecule has 1 atom stereocenters. The third-order valence-electron chi connectivity index (χ3n) is 5.93. The Morgan fingerprint density at radius 2 is 1.78 bits per heavy atom. The normalized spacial score (nSPS) is 19.2. The summed E-state index contributed by atoms with van der Waals surface area (Å²) in [4.78, 5) is 0. The Labute approximate surface area is 160 Å².